The smallest absolute Gasteiger partial charge is 0.324 e. The van der Waals surface area contributed by atoms with Crippen molar-refractivity contribution in [1.82, 2.24) is 5.43 Å². The van der Waals surface area contributed by atoms with Crippen molar-refractivity contribution in [3.63, 3.8) is 0 Å². The second kappa shape index (κ2) is 7.10. The van der Waals surface area contributed by atoms with Gasteiger partial charge in [-0.15, -0.1) is 0 Å². The summed E-state index contributed by atoms with van der Waals surface area (Å²) in [4.78, 5) is 10.8. The number of nitrogens with zero attached hydrogens (tertiary/aromatic N) is 2. The van der Waals surface area contributed by atoms with Crippen LogP contribution in [-0.4, -0.2) is 16.3 Å². The Labute approximate surface area is 137 Å². The fraction of sp³-hybridized carbons (Fsp3) is 0.143. The van der Waals surface area contributed by atoms with Gasteiger partial charge in [0.15, 0.2) is 5.11 Å². The number of benzene rings is 1. The first-order chi connectivity index (χ1) is 10.5. The molecule has 2 N–H and O–H groups in total. The Morgan fingerprint density at radius 1 is 1.36 bits per heavy atom. The minimum absolute atomic E-state index is 0.0810. The lowest BCUT2D eigenvalue weighted by molar-refractivity contribution is -0.380. The summed E-state index contributed by atoms with van der Waals surface area (Å²) in [6.07, 6.45) is 1.49. The molecule has 6 nitrogen and oxygen atoms in total. The summed E-state index contributed by atoms with van der Waals surface area (Å²) >= 11 is 6.20. The molecule has 0 amide bonds. The van der Waals surface area contributed by atoms with E-state index in [1.165, 1.54) is 17.8 Å². The van der Waals surface area contributed by atoms with Gasteiger partial charge in [0.05, 0.1) is 16.0 Å². The van der Waals surface area contributed by atoms with E-state index in [2.05, 4.69) is 21.9 Å². The van der Waals surface area contributed by atoms with E-state index in [9.17, 15) is 10.1 Å². The molecular weight excluding hydrogens is 320 g/mol. The van der Waals surface area contributed by atoms with Crippen molar-refractivity contribution in [2.45, 2.75) is 13.8 Å². The first-order valence-electron chi connectivity index (χ1n) is 6.37. The summed E-state index contributed by atoms with van der Waals surface area (Å²) in [5.41, 5.74) is 5.86. The van der Waals surface area contributed by atoms with Crippen LogP contribution in [0, 0.1) is 24.0 Å². The fourth-order valence-corrected chi connectivity index (χ4v) is 2.62. The molecule has 1 heterocycles. The Morgan fingerprint density at radius 2 is 2.14 bits per heavy atom. The van der Waals surface area contributed by atoms with Crippen LogP contribution in [0.25, 0.3) is 0 Å². The zero-order valence-electron chi connectivity index (χ0n) is 12.0. The number of rotatable bonds is 4. The number of hydrazone groups is 1. The van der Waals surface area contributed by atoms with Gasteiger partial charge in [-0.05, 0) is 43.8 Å². The number of nitrogens with one attached hydrogen (secondary N) is 2. The van der Waals surface area contributed by atoms with Crippen molar-refractivity contribution < 1.29 is 4.92 Å². The molecule has 0 aliphatic heterocycles. The molecule has 8 heteroatoms. The Hall–Kier alpha value is -2.32. The van der Waals surface area contributed by atoms with Crippen LogP contribution in [0.1, 0.15) is 16.0 Å². The summed E-state index contributed by atoms with van der Waals surface area (Å²) < 4.78 is 0. The summed E-state index contributed by atoms with van der Waals surface area (Å²) in [5, 5.41) is 18.0. The van der Waals surface area contributed by atoms with E-state index in [1.807, 2.05) is 26.0 Å². The van der Waals surface area contributed by atoms with Crippen molar-refractivity contribution in [2.75, 3.05) is 5.32 Å². The molecule has 0 unspecified atom stereocenters. The molecule has 0 saturated heterocycles. The van der Waals surface area contributed by atoms with Gasteiger partial charge in [0.25, 0.3) is 0 Å². The molecule has 0 saturated carbocycles. The minimum atomic E-state index is -0.429. The van der Waals surface area contributed by atoms with Crippen LogP contribution < -0.4 is 10.7 Å². The van der Waals surface area contributed by atoms with E-state index in [0.29, 0.717) is 9.99 Å². The molecule has 0 aliphatic carbocycles. The predicted molar refractivity (Wildman–Crippen MR) is 93.8 cm³/mol. The van der Waals surface area contributed by atoms with Crippen LogP contribution in [0.5, 0.6) is 0 Å². The molecule has 2 rings (SSSR count). The van der Waals surface area contributed by atoms with Gasteiger partial charge in [-0.2, -0.15) is 5.10 Å². The average molecular weight is 334 g/mol. The van der Waals surface area contributed by atoms with Crippen LogP contribution in [0.2, 0.25) is 0 Å². The average Bonchev–Trinajstić information content (AvgIpc) is 2.91. The van der Waals surface area contributed by atoms with E-state index in [0.717, 1.165) is 22.6 Å². The molecule has 114 valence electrons. The van der Waals surface area contributed by atoms with E-state index in [1.54, 1.807) is 6.07 Å². The summed E-state index contributed by atoms with van der Waals surface area (Å²) in [6, 6.07) is 9.07. The van der Waals surface area contributed by atoms with Crippen molar-refractivity contribution >= 4 is 45.6 Å². The molecule has 0 atom stereocenters. The molecule has 1 aromatic heterocycles. The number of thiophene rings is 1. The summed E-state index contributed by atoms with van der Waals surface area (Å²) in [6.45, 7) is 4.02. The Balaban J connectivity index is 1.91. The summed E-state index contributed by atoms with van der Waals surface area (Å²) in [5.74, 6) is 0. The van der Waals surface area contributed by atoms with Gasteiger partial charge in [0.2, 0.25) is 0 Å². The Morgan fingerprint density at radius 3 is 2.77 bits per heavy atom. The third-order valence-corrected chi connectivity index (χ3v) is 3.95. The number of hydrogen-bond donors (Lipinski definition) is 2. The van der Waals surface area contributed by atoms with Gasteiger partial charge in [0.1, 0.15) is 0 Å². The standard InChI is InChI=1S/C14H14N4O2S2/c1-9-3-5-12(10(2)7-9)16-14(21)17-15-8-11-4-6-13(22-11)18(19)20/h3-8H,1-2H3,(H2,16,17,21)/b15-8+. The topological polar surface area (TPSA) is 79.6 Å². The van der Waals surface area contributed by atoms with Crippen LogP contribution in [-0.2, 0) is 0 Å². The Kier molecular flexibility index (Phi) is 5.18. The normalized spacial score (nSPS) is 10.6. The van der Waals surface area contributed by atoms with Gasteiger partial charge in [0, 0.05) is 11.8 Å². The van der Waals surface area contributed by atoms with E-state index in [4.69, 9.17) is 12.2 Å². The van der Waals surface area contributed by atoms with E-state index < -0.39 is 4.92 Å². The number of thiocarbonyl (C=S) groups is 1. The third-order valence-electron chi connectivity index (χ3n) is 2.78. The quantitative estimate of drug-likeness (QED) is 0.386. The highest BCUT2D eigenvalue weighted by Gasteiger charge is 2.08. The zero-order valence-corrected chi connectivity index (χ0v) is 13.6. The zero-order chi connectivity index (χ0) is 16.1. The van der Waals surface area contributed by atoms with Crippen LogP contribution in [0.3, 0.4) is 0 Å². The van der Waals surface area contributed by atoms with Crippen LogP contribution >= 0.6 is 23.6 Å². The highest BCUT2D eigenvalue weighted by atomic mass is 32.1. The van der Waals surface area contributed by atoms with Crippen molar-refractivity contribution in [2.24, 2.45) is 5.10 Å². The second-order valence-electron chi connectivity index (χ2n) is 4.58. The number of aryl methyl sites for hydroxylation is 2. The van der Waals surface area contributed by atoms with Gasteiger partial charge >= 0.3 is 5.00 Å². The maximum Gasteiger partial charge on any atom is 0.324 e. The SMILES string of the molecule is Cc1ccc(NC(=S)N/N=C/c2ccc([N+](=O)[O-])s2)c(C)c1. The molecule has 22 heavy (non-hydrogen) atoms. The van der Waals surface area contributed by atoms with E-state index in [-0.39, 0.29) is 5.00 Å². The molecule has 0 bridgehead atoms. The first-order valence-corrected chi connectivity index (χ1v) is 7.60. The lowest BCUT2D eigenvalue weighted by Crippen LogP contribution is -2.24. The molecule has 0 fully saturated rings. The minimum Gasteiger partial charge on any atom is -0.331 e. The van der Waals surface area contributed by atoms with Crippen LogP contribution in [0.4, 0.5) is 10.7 Å². The first kappa shape index (κ1) is 16.1. The molecule has 1 aromatic carbocycles. The molecule has 2 aromatic rings. The largest absolute Gasteiger partial charge is 0.331 e. The van der Waals surface area contributed by atoms with Crippen molar-refractivity contribution in [3.8, 4) is 0 Å². The van der Waals surface area contributed by atoms with Gasteiger partial charge in [-0.25, -0.2) is 0 Å². The summed E-state index contributed by atoms with van der Waals surface area (Å²) in [7, 11) is 0. The highest BCUT2D eigenvalue weighted by molar-refractivity contribution is 7.80. The number of anilines is 1. The maximum absolute atomic E-state index is 10.6. The van der Waals surface area contributed by atoms with Crippen molar-refractivity contribution in [3.05, 3.63) is 56.5 Å². The third kappa shape index (κ3) is 4.34. The predicted octanol–water partition coefficient (Wildman–Crippen LogP) is 3.59. The lowest BCUT2D eigenvalue weighted by Gasteiger charge is -2.10. The monoisotopic (exact) mass is 334 g/mol. The number of nitro groups is 1. The van der Waals surface area contributed by atoms with Crippen LogP contribution in [0.15, 0.2) is 35.4 Å². The second-order valence-corrected chi connectivity index (χ2v) is 6.08. The Bertz CT molecular complexity index is 740. The van der Waals surface area contributed by atoms with E-state index >= 15 is 0 Å². The fourth-order valence-electron chi connectivity index (χ4n) is 1.77. The van der Waals surface area contributed by atoms with Gasteiger partial charge < -0.3 is 5.32 Å². The van der Waals surface area contributed by atoms with Gasteiger partial charge in [-0.1, -0.05) is 29.0 Å². The lowest BCUT2D eigenvalue weighted by atomic mass is 10.1. The molecule has 0 aliphatic rings. The molecular formula is C14H14N4O2S2. The molecule has 0 radical (unpaired) electrons. The van der Waals surface area contributed by atoms with Gasteiger partial charge in [-0.3, -0.25) is 15.5 Å². The highest BCUT2D eigenvalue weighted by Crippen LogP contribution is 2.22. The maximum atomic E-state index is 10.6. The molecule has 0 spiro atoms. The number of hydrogen-bond acceptors (Lipinski definition) is 5. The van der Waals surface area contributed by atoms with Crippen molar-refractivity contribution in [1.29, 1.82) is 0 Å².